The minimum atomic E-state index is -3.71. The summed E-state index contributed by atoms with van der Waals surface area (Å²) in [6.07, 6.45) is 0. The van der Waals surface area contributed by atoms with Gasteiger partial charge >= 0.3 is 0 Å². The maximum atomic E-state index is 12.5. The van der Waals surface area contributed by atoms with Gasteiger partial charge in [-0.15, -0.1) is 0 Å². The average Bonchev–Trinajstić information content (AvgIpc) is 2.65. The number of nitrogens with one attached hydrogen (secondary N) is 1. The molecule has 0 fully saturated rings. The van der Waals surface area contributed by atoms with Gasteiger partial charge in [0.25, 0.3) is 10.0 Å². The Hall–Kier alpha value is -3.17. The second-order valence-corrected chi connectivity index (χ2v) is 7.60. The fourth-order valence-electron chi connectivity index (χ4n) is 2.45. The fourth-order valence-corrected chi connectivity index (χ4v) is 3.45. The van der Waals surface area contributed by atoms with Gasteiger partial charge < -0.3 is 0 Å². The summed E-state index contributed by atoms with van der Waals surface area (Å²) in [6.45, 7) is 3.75. The SMILES string of the molecule is Cc1ccc(NS(=O)(=O)c2ccc(-c3ccc(C#N)cc3)cc2)nc1C. The Morgan fingerprint density at radius 3 is 2.00 bits per heavy atom. The molecule has 0 spiro atoms. The zero-order chi connectivity index (χ0) is 18.7. The molecule has 3 rings (SSSR count). The van der Waals surface area contributed by atoms with Crippen molar-refractivity contribution in [2.45, 2.75) is 18.7 Å². The summed E-state index contributed by atoms with van der Waals surface area (Å²) < 4.78 is 27.6. The number of nitriles is 1. The zero-order valence-electron chi connectivity index (χ0n) is 14.4. The lowest BCUT2D eigenvalue weighted by molar-refractivity contribution is 0.601. The Bertz CT molecular complexity index is 1080. The van der Waals surface area contributed by atoms with Crippen molar-refractivity contribution in [2.24, 2.45) is 0 Å². The highest BCUT2D eigenvalue weighted by atomic mass is 32.2. The van der Waals surface area contributed by atoms with Crippen LogP contribution in [0.1, 0.15) is 16.8 Å². The Morgan fingerprint density at radius 1 is 0.885 bits per heavy atom. The lowest BCUT2D eigenvalue weighted by Gasteiger charge is -2.10. The number of aromatic nitrogens is 1. The molecule has 0 saturated heterocycles. The monoisotopic (exact) mass is 363 g/mol. The number of anilines is 1. The summed E-state index contributed by atoms with van der Waals surface area (Å²) in [4.78, 5) is 4.41. The summed E-state index contributed by atoms with van der Waals surface area (Å²) in [5.41, 5.74) is 4.15. The topological polar surface area (TPSA) is 82.9 Å². The van der Waals surface area contributed by atoms with Gasteiger partial charge in [-0.25, -0.2) is 13.4 Å². The first-order chi connectivity index (χ1) is 12.4. The van der Waals surface area contributed by atoms with E-state index >= 15 is 0 Å². The highest BCUT2D eigenvalue weighted by molar-refractivity contribution is 7.92. The van der Waals surface area contributed by atoms with Gasteiger partial charge in [0.2, 0.25) is 0 Å². The molecule has 3 aromatic rings. The fraction of sp³-hybridized carbons (Fsp3) is 0.100. The van der Waals surface area contributed by atoms with Crippen LogP contribution >= 0.6 is 0 Å². The van der Waals surface area contributed by atoms with E-state index in [1.54, 1.807) is 42.5 Å². The maximum absolute atomic E-state index is 12.5. The highest BCUT2D eigenvalue weighted by Crippen LogP contribution is 2.23. The molecule has 0 saturated carbocycles. The molecule has 2 aromatic carbocycles. The van der Waals surface area contributed by atoms with Gasteiger partial charge in [0, 0.05) is 5.69 Å². The summed E-state index contributed by atoms with van der Waals surface area (Å²) >= 11 is 0. The second kappa shape index (κ2) is 6.98. The number of hydrogen-bond donors (Lipinski definition) is 1. The normalized spacial score (nSPS) is 11.0. The summed E-state index contributed by atoms with van der Waals surface area (Å²) in [5.74, 6) is 0.296. The van der Waals surface area contributed by atoms with Crippen LogP contribution in [0.25, 0.3) is 11.1 Å². The molecule has 0 bridgehead atoms. The van der Waals surface area contributed by atoms with Crippen LogP contribution in [0.2, 0.25) is 0 Å². The molecule has 0 aliphatic rings. The van der Waals surface area contributed by atoms with E-state index in [4.69, 9.17) is 5.26 Å². The van der Waals surface area contributed by atoms with Crippen molar-refractivity contribution >= 4 is 15.8 Å². The molecule has 1 aromatic heterocycles. The van der Waals surface area contributed by atoms with Crippen molar-refractivity contribution in [3.05, 3.63) is 77.5 Å². The summed E-state index contributed by atoms with van der Waals surface area (Å²) in [6, 6.07) is 19.3. The van der Waals surface area contributed by atoms with Crippen LogP contribution in [-0.4, -0.2) is 13.4 Å². The molecular weight excluding hydrogens is 346 g/mol. The van der Waals surface area contributed by atoms with Crippen molar-refractivity contribution in [1.82, 2.24) is 4.98 Å². The van der Waals surface area contributed by atoms with Crippen LogP contribution in [-0.2, 0) is 10.0 Å². The molecule has 0 atom stereocenters. The molecule has 0 unspecified atom stereocenters. The Balaban J connectivity index is 1.84. The van der Waals surface area contributed by atoms with E-state index in [1.807, 2.05) is 32.0 Å². The van der Waals surface area contributed by atoms with E-state index < -0.39 is 10.0 Å². The molecule has 0 radical (unpaired) electrons. The maximum Gasteiger partial charge on any atom is 0.263 e. The van der Waals surface area contributed by atoms with Crippen molar-refractivity contribution in [3.8, 4) is 17.2 Å². The molecule has 26 heavy (non-hydrogen) atoms. The van der Waals surface area contributed by atoms with Gasteiger partial charge in [-0.05, 0) is 60.9 Å². The third-order valence-corrected chi connectivity index (χ3v) is 5.47. The van der Waals surface area contributed by atoms with E-state index in [0.717, 1.165) is 22.4 Å². The molecule has 0 aliphatic heterocycles. The first kappa shape index (κ1) is 17.6. The number of nitrogens with zero attached hydrogens (tertiary/aromatic N) is 2. The van der Waals surface area contributed by atoms with Crippen LogP contribution in [0.3, 0.4) is 0 Å². The summed E-state index contributed by atoms with van der Waals surface area (Å²) in [7, 11) is -3.71. The molecule has 5 nitrogen and oxygen atoms in total. The Labute approximate surface area is 153 Å². The number of rotatable bonds is 4. The van der Waals surface area contributed by atoms with Crippen molar-refractivity contribution < 1.29 is 8.42 Å². The van der Waals surface area contributed by atoms with Gasteiger partial charge in [-0.2, -0.15) is 5.26 Å². The average molecular weight is 363 g/mol. The highest BCUT2D eigenvalue weighted by Gasteiger charge is 2.15. The minimum absolute atomic E-state index is 0.162. The van der Waals surface area contributed by atoms with E-state index in [0.29, 0.717) is 11.4 Å². The van der Waals surface area contributed by atoms with Crippen LogP contribution in [0, 0.1) is 25.2 Å². The number of aryl methyl sites for hydroxylation is 2. The van der Waals surface area contributed by atoms with Crippen LogP contribution in [0.15, 0.2) is 65.6 Å². The predicted molar refractivity (Wildman–Crippen MR) is 101 cm³/mol. The zero-order valence-corrected chi connectivity index (χ0v) is 15.2. The van der Waals surface area contributed by atoms with Gasteiger partial charge in [-0.3, -0.25) is 4.72 Å². The van der Waals surface area contributed by atoms with Crippen LogP contribution < -0.4 is 4.72 Å². The predicted octanol–water partition coefficient (Wildman–Crippen LogP) is 4.04. The number of sulfonamides is 1. The second-order valence-electron chi connectivity index (χ2n) is 5.92. The molecule has 1 heterocycles. The van der Waals surface area contributed by atoms with E-state index in [2.05, 4.69) is 15.8 Å². The van der Waals surface area contributed by atoms with E-state index in [-0.39, 0.29) is 4.90 Å². The van der Waals surface area contributed by atoms with Gasteiger partial charge in [0.1, 0.15) is 5.82 Å². The minimum Gasteiger partial charge on any atom is -0.263 e. The summed E-state index contributed by atoms with van der Waals surface area (Å²) in [5, 5.41) is 8.85. The molecule has 1 N–H and O–H groups in total. The first-order valence-corrected chi connectivity index (χ1v) is 9.45. The van der Waals surface area contributed by atoms with Gasteiger partial charge in [-0.1, -0.05) is 30.3 Å². The quantitative estimate of drug-likeness (QED) is 0.758. The number of benzene rings is 2. The van der Waals surface area contributed by atoms with Crippen molar-refractivity contribution in [1.29, 1.82) is 5.26 Å². The molecule has 130 valence electrons. The first-order valence-electron chi connectivity index (χ1n) is 7.97. The molecule has 0 aliphatic carbocycles. The van der Waals surface area contributed by atoms with Gasteiger partial charge in [0.15, 0.2) is 0 Å². The third kappa shape index (κ3) is 3.73. The number of hydrogen-bond acceptors (Lipinski definition) is 4. The molecule has 0 amide bonds. The smallest absolute Gasteiger partial charge is 0.263 e. The lowest BCUT2D eigenvalue weighted by Crippen LogP contribution is -2.14. The van der Waals surface area contributed by atoms with E-state index in [1.165, 1.54) is 0 Å². The van der Waals surface area contributed by atoms with Crippen LogP contribution in [0.4, 0.5) is 5.82 Å². The van der Waals surface area contributed by atoms with Gasteiger partial charge in [0.05, 0.1) is 16.5 Å². The molecular formula is C20H17N3O2S. The molecule has 6 heteroatoms. The van der Waals surface area contributed by atoms with Crippen LogP contribution in [0.5, 0.6) is 0 Å². The van der Waals surface area contributed by atoms with Crippen molar-refractivity contribution in [3.63, 3.8) is 0 Å². The Morgan fingerprint density at radius 2 is 1.46 bits per heavy atom. The van der Waals surface area contributed by atoms with E-state index in [9.17, 15) is 8.42 Å². The Kier molecular flexibility index (Phi) is 4.74. The third-order valence-electron chi connectivity index (χ3n) is 4.10. The number of pyridine rings is 1. The lowest BCUT2D eigenvalue weighted by atomic mass is 10.0. The van der Waals surface area contributed by atoms with Crippen molar-refractivity contribution in [2.75, 3.05) is 4.72 Å². The largest absolute Gasteiger partial charge is 0.263 e. The standard InChI is InChI=1S/C20H17N3O2S/c1-14-3-12-20(22-15(14)2)23-26(24,25)19-10-8-18(9-11-19)17-6-4-16(13-21)5-7-17/h3-12H,1-2H3,(H,22,23).